The van der Waals surface area contributed by atoms with Crippen LogP contribution in [-0.2, 0) is 73.6 Å². The lowest BCUT2D eigenvalue weighted by molar-refractivity contribution is -0.229. The maximum atomic E-state index is 14.2. The number of sulfonamides is 1. The van der Waals surface area contributed by atoms with Crippen molar-refractivity contribution in [2.45, 2.75) is 132 Å². The van der Waals surface area contributed by atoms with Crippen molar-refractivity contribution in [3.8, 4) is 23.6 Å². The SMILES string of the molecule is CC(C)(CCC#N)CN(C[C@@H](O)[C@H](Cc1ccccc1)N[C@H](O)OC1COCOC1)S(=O)(=O)c1ccc(OCc2ccccc2)cc1.CC(C)(CCC#N)CNC[C@@H](O)[C@H](Cc1ccccc1)NC(=O)OC1COCOC1.O=S(=O)(Cl)c1ccc(OCc2ccccc2)cc1. The fourth-order valence-electron chi connectivity index (χ4n) is 9.90. The van der Waals surface area contributed by atoms with Gasteiger partial charge in [0.25, 0.3) is 9.05 Å². The highest BCUT2D eigenvalue weighted by molar-refractivity contribution is 8.13. The number of carbonyl (C=O) groups is 1. The van der Waals surface area contributed by atoms with E-state index in [0.29, 0.717) is 70.3 Å². The molecule has 22 nitrogen and oxygen atoms in total. The summed E-state index contributed by atoms with van der Waals surface area (Å²) in [5, 5.41) is 60.1. The molecule has 0 bridgehead atoms. The van der Waals surface area contributed by atoms with Gasteiger partial charge in [0.1, 0.15) is 44.4 Å². The van der Waals surface area contributed by atoms with Gasteiger partial charge >= 0.3 is 6.09 Å². The van der Waals surface area contributed by atoms with Gasteiger partial charge in [0.2, 0.25) is 16.4 Å². The lowest BCUT2D eigenvalue weighted by Crippen LogP contribution is -2.54. The molecular weight excluding hydrogens is 1280 g/mol. The van der Waals surface area contributed by atoms with Crippen LogP contribution in [0, 0.1) is 33.5 Å². The number of aliphatic hydroxyl groups is 3. The summed E-state index contributed by atoms with van der Waals surface area (Å²) in [5.74, 6) is 1.12. The number of halogens is 1. The van der Waals surface area contributed by atoms with Crippen LogP contribution >= 0.6 is 10.7 Å². The zero-order valence-electron chi connectivity index (χ0n) is 54.1. The van der Waals surface area contributed by atoms with E-state index in [9.17, 15) is 42.2 Å². The van der Waals surface area contributed by atoms with E-state index in [-0.39, 0.29) is 67.9 Å². The largest absolute Gasteiger partial charge is 0.489 e. The molecule has 514 valence electrons. The maximum absolute atomic E-state index is 14.2. The lowest BCUT2D eigenvalue weighted by atomic mass is 9.88. The van der Waals surface area contributed by atoms with E-state index in [1.54, 1.807) is 24.3 Å². The monoisotopic (exact) mass is 1370 g/mol. The van der Waals surface area contributed by atoms with Crippen LogP contribution in [0.4, 0.5) is 4.79 Å². The third-order valence-electron chi connectivity index (χ3n) is 15.2. The average Bonchev–Trinajstić information content (AvgIpc) is 0.807. The molecule has 0 unspecified atom stereocenters. The zero-order chi connectivity index (χ0) is 68.5. The molecule has 0 aliphatic carbocycles. The zero-order valence-corrected chi connectivity index (χ0v) is 56.5. The molecule has 2 aliphatic rings. The summed E-state index contributed by atoms with van der Waals surface area (Å²) in [6.07, 6.45) is -2.41. The van der Waals surface area contributed by atoms with Gasteiger partial charge in [0.15, 0.2) is 6.10 Å². The second-order valence-electron chi connectivity index (χ2n) is 24.4. The summed E-state index contributed by atoms with van der Waals surface area (Å²) in [5.41, 5.74) is 3.27. The van der Waals surface area contributed by atoms with Crippen LogP contribution < -0.4 is 25.4 Å². The number of aliphatic hydroxyl groups excluding tert-OH is 3. The van der Waals surface area contributed by atoms with E-state index in [0.717, 1.165) is 28.7 Å². The summed E-state index contributed by atoms with van der Waals surface area (Å²) < 4.78 is 94.8. The number of hydrogen-bond donors (Lipinski definition) is 6. The smallest absolute Gasteiger partial charge is 0.407 e. The highest BCUT2D eigenvalue weighted by Gasteiger charge is 2.36. The Labute approximate surface area is 563 Å². The van der Waals surface area contributed by atoms with Crippen LogP contribution in [0.25, 0.3) is 0 Å². The molecule has 6 aromatic rings. The number of alkyl carbamates (subject to hydrolysis) is 1. The van der Waals surface area contributed by atoms with Crippen LogP contribution in [0.1, 0.15) is 75.6 Å². The molecule has 0 spiro atoms. The van der Waals surface area contributed by atoms with E-state index < -0.39 is 73.5 Å². The molecule has 2 heterocycles. The lowest BCUT2D eigenvalue weighted by Gasteiger charge is -2.35. The number of amides is 1. The van der Waals surface area contributed by atoms with Gasteiger partial charge in [0, 0.05) is 55.7 Å². The molecule has 0 radical (unpaired) electrons. The molecule has 0 saturated carbocycles. The molecule has 25 heteroatoms. The third-order valence-corrected chi connectivity index (χ3v) is 18.4. The Morgan fingerprint density at radius 3 is 1.49 bits per heavy atom. The molecule has 1 amide bonds. The summed E-state index contributed by atoms with van der Waals surface area (Å²) in [7, 11) is -2.57. The minimum absolute atomic E-state index is 0.0427. The normalized spacial score (nSPS) is 15.6. The van der Waals surface area contributed by atoms with Crippen LogP contribution in [0.2, 0.25) is 0 Å². The molecular formula is C70H89ClN6O16S2. The van der Waals surface area contributed by atoms with Gasteiger partial charge < -0.3 is 63.8 Å². The summed E-state index contributed by atoms with van der Waals surface area (Å²) in [6, 6.07) is 53.6. The first-order chi connectivity index (χ1) is 45.5. The Morgan fingerprint density at radius 1 is 0.600 bits per heavy atom. The number of rotatable bonds is 33. The van der Waals surface area contributed by atoms with Crippen molar-refractivity contribution >= 4 is 35.8 Å². The standard InChI is InChI=1S/C35H45N3O8S.C22H33N3O5.C13H11ClO3S/c1-35(2,18-9-19-36)25-38(47(41,42)31-16-14-29(15-17-31)45-22-28-12-7-4-8-13-28)21-33(39)32(20-27-10-5-3-6-11-27)37-34(40)46-30-23-43-26-44-24-30;1-22(2,9-6-10-23)15-24-12-20(26)19(11-17-7-4-3-5-8-17)25-21(27)30-18-13-28-16-29-14-18;14-18(15,16)13-8-6-12(7-9-13)17-10-11-4-2-1-3-5-11/h3-8,10-17,30,32-34,37,39-40H,9,18,20-26H2,1-2H3;3-5,7-8,18-20,24,26H,6,9,11-16H2,1-2H3,(H,25,27);1-9H,10H2/t32-,33+,34+;19-,20+;/m00./s1. The van der Waals surface area contributed by atoms with E-state index in [4.69, 9.17) is 53.8 Å². The number of ether oxygens (including phenoxy) is 8. The Kier molecular flexibility index (Phi) is 32.3. The summed E-state index contributed by atoms with van der Waals surface area (Å²) in [6.45, 7) is 10.9. The van der Waals surface area contributed by atoms with Crippen molar-refractivity contribution < 1.29 is 74.8 Å². The van der Waals surface area contributed by atoms with E-state index in [1.807, 2.05) is 135 Å². The van der Waals surface area contributed by atoms with Crippen LogP contribution in [0.15, 0.2) is 180 Å². The quantitative estimate of drug-likeness (QED) is 0.0165. The highest BCUT2D eigenvalue weighted by Crippen LogP contribution is 2.30. The minimum Gasteiger partial charge on any atom is -0.489 e. The van der Waals surface area contributed by atoms with Crippen LogP contribution in [0.5, 0.6) is 11.5 Å². The van der Waals surface area contributed by atoms with Gasteiger partial charge in [-0.1, -0.05) is 149 Å². The first-order valence-electron chi connectivity index (χ1n) is 31.3. The molecule has 6 aromatic carbocycles. The molecule has 0 aromatic heterocycles. The fraction of sp³-hybridized carbons (Fsp3) is 0.443. The van der Waals surface area contributed by atoms with Crippen molar-refractivity contribution in [3.63, 3.8) is 0 Å². The van der Waals surface area contributed by atoms with Crippen molar-refractivity contribution in [2.75, 3.05) is 66.2 Å². The number of nitrogens with zero attached hydrogens (tertiary/aromatic N) is 3. The predicted octanol–water partition coefficient (Wildman–Crippen LogP) is 8.98. The Balaban J connectivity index is 0.000000252. The third kappa shape index (κ3) is 29.0. The topological polar surface area (TPSA) is 307 Å². The average molecular weight is 1370 g/mol. The van der Waals surface area contributed by atoms with Crippen molar-refractivity contribution in [1.82, 2.24) is 20.3 Å². The molecule has 2 aliphatic heterocycles. The number of hydrogen-bond acceptors (Lipinski definition) is 20. The van der Waals surface area contributed by atoms with Crippen LogP contribution in [-0.4, -0.2) is 152 Å². The first-order valence-corrected chi connectivity index (χ1v) is 35.0. The van der Waals surface area contributed by atoms with Gasteiger partial charge in [-0.15, -0.1) is 0 Å². The molecule has 6 N–H and O–H groups in total. The number of carbonyl (C=O) groups excluding carboxylic acids is 1. The second-order valence-corrected chi connectivity index (χ2v) is 28.9. The summed E-state index contributed by atoms with van der Waals surface area (Å²) in [4.78, 5) is 12.5. The molecule has 2 fully saturated rings. The Hall–Kier alpha value is -7.08. The first kappa shape index (κ1) is 76.9. The van der Waals surface area contributed by atoms with Gasteiger partial charge in [-0.05, 0) is 107 Å². The van der Waals surface area contributed by atoms with Gasteiger partial charge in [0.05, 0.1) is 66.6 Å². The molecule has 8 rings (SSSR count). The number of benzene rings is 6. The fourth-order valence-corrected chi connectivity index (χ4v) is 12.3. The Morgan fingerprint density at radius 2 is 1.03 bits per heavy atom. The number of nitriles is 2. The number of nitrogens with one attached hydrogen (secondary N) is 3. The van der Waals surface area contributed by atoms with Crippen molar-refractivity contribution in [3.05, 3.63) is 192 Å². The second kappa shape index (κ2) is 39.8. The van der Waals surface area contributed by atoms with E-state index in [2.05, 4.69) is 41.9 Å². The molecule has 2 saturated heterocycles. The predicted molar refractivity (Wildman–Crippen MR) is 357 cm³/mol. The van der Waals surface area contributed by atoms with E-state index in [1.165, 1.54) is 28.6 Å². The minimum atomic E-state index is -4.12. The Bertz CT molecular complexity index is 3470. The van der Waals surface area contributed by atoms with Crippen molar-refractivity contribution in [2.24, 2.45) is 10.8 Å². The summed E-state index contributed by atoms with van der Waals surface area (Å²) >= 11 is 0. The van der Waals surface area contributed by atoms with Gasteiger partial charge in [-0.3, -0.25) is 5.32 Å². The van der Waals surface area contributed by atoms with Gasteiger partial charge in [-0.25, -0.2) is 21.6 Å². The highest BCUT2D eigenvalue weighted by atomic mass is 35.7. The molecule has 5 atom stereocenters. The maximum Gasteiger partial charge on any atom is 0.407 e. The molecule has 95 heavy (non-hydrogen) atoms. The van der Waals surface area contributed by atoms with Gasteiger partial charge in [-0.2, -0.15) is 14.8 Å². The van der Waals surface area contributed by atoms with Crippen LogP contribution in [0.3, 0.4) is 0 Å². The van der Waals surface area contributed by atoms with E-state index >= 15 is 0 Å². The van der Waals surface area contributed by atoms with Crippen molar-refractivity contribution in [1.29, 1.82) is 10.5 Å².